The average molecular weight is 194 g/mol. The SMILES string of the molecule is N#Cc1cc(F)c(F)c2c1CC[C@@H]2N. The molecule has 0 aromatic heterocycles. The Bertz CT molecular complexity index is 435. The number of benzene rings is 1. The van der Waals surface area contributed by atoms with Gasteiger partial charge in [-0.2, -0.15) is 5.26 Å². The number of hydrogen-bond acceptors (Lipinski definition) is 2. The Labute approximate surface area is 79.9 Å². The molecule has 0 radical (unpaired) electrons. The van der Waals surface area contributed by atoms with Gasteiger partial charge in [0.25, 0.3) is 0 Å². The molecule has 0 saturated heterocycles. The molecular formula is C10H8F2N2. The molecule has 14 heavy (non-hydrogen) atoms. The summed E-state index contributed by atoms with van der Waals surface area (Å²) in [5.74, 6) is -1.89. The highest BCUT2D eigenvalue weighted by Gasteiger charge is 2.27. The Hall–Kier alpha value is -1.47. The van der Waals surface area contributed by atoms with Gasteiger partial charge in [0.05, 0.1) is 11.6 Å². The van der Waals surface area contributed by atoms with Crippen LogP contribution in [0.2, 0.25) is 0 Å². The molecule has 0 saturated carbocycles. The quantitative estimate of drug-likeness (QED) is 0.684. The van der Waals surface area contributed by atoms with Gasteiger partial charge >= 0.3 is 0 Å². The maximum atomic E-state index is 13.3. The number of halogens is 2. The van der Waals surface area contributed by atoms with Gasteiger partial charge in [-0.05, 0) is 24.5 Å². The first-order chi connectivity index (χ1) is 6.65. The van der Waals surface area contributed by atoms with E-state index >= 15 is 0 Å². The zero-order valence-corrected chi connectivity index (χ0v) is 7.35. The fraction of sp³-hybridized carbons (Fsp3) is 0.300. The molecule has 1 aliphatic carbocycles. The van der Waals surface area contributed by atoms with Crippen molar-refractivity contribution in [1.82, 2.24) is 0 Å². The second-order valence-corrected chi connectivity index (χ2v) is 3.37. The number of rotatable bonds is 0. The molecular weight excluding hydrogens is 186 g/mol. The van der Waals surface area contributed by atoms with Crippen molar-refractivity contribution in [3.63, 3.8) is 0 Å². The number of nitriles is 1. The minimum absolute atomic E-state index is 0.182. The standard InChI is InChI=1S/C10H8F2N2/c11-7-3-5(4-13)6-1-2-8(14)9(6)10(7)12/h3,8H,1-2,14H2/t8-/m0/s1. The highest BCUT2D eigenvalue weighted by Crippen LogP contribution is 2.34. The average Bonchev–Trinajstić information content (AvgIpc) is 2.54. The molecule has 0 fully saturated rings. The number of nitrogens with two attached hydrogens (primary N) is 1. The van der Waals surface area contributed by atoms with E-state index in [1.54, 1.807) is 0 Å². The third-order valence-corrected chi connectivity index (χ3v) is 2.56. The van der Waals surface area contributed by atoms with Gasteiger partial charge in [-0.1, -0.05) is 0 Å². The van der Waals surface area contributed by atoms with E-state index < -0.39 is 17.7 Å². The summed E-state index contributed by atoms with van der Waals surface area (Å²) in [5, 5.41) is 8.72. The molecule has 0 heterocycles. The molecule has 1 atom stereocenters. The molecule has 2 rings (SSSR count). The van der Waals surface area contributed by atoms with Crippen LogP contribution in [0.5, 0.6) is 0 Å². The van der Waals surface area contributed by atoms with Gasteiger partial charge in [0.1, 0.15) is 0 Å². The Kier molecular flexibility index (Phi) is 1.97. The summed E-state index contributed by atoms with van der Waals surface area (Å²) in [7, 11) is 0. The summed E-state index contributed by atoms with van der Waals surface area (Å²) in [6.07, 6.45) is 1.13. The first kappa shape index (κ1) is 9.10. The van der Waals surface area contributed by atoms with Crippen LogP contribution in [0.25, 0.3) is 0 Å². The van der Waals surface area contributed by atoms with E-state index in [2.05, 4.69) is 0 Å². The predicted molar refractivity (Wildman–Crippen MR) is 46.3 cm³/mol. The van der Waals surface area contributed by atoms with Crippen molar-refractivity contribution in [3.05, 3.63) is 34.4 Å². The lowest BCUT2D eigenvalue weighted by Crippen LogP contribution is -2.09. The van der Waals surface area contributed by atoms with Crippen molar-refractivity contribution >= 4 is 0 Å². The monoisotopic (exact) mass is 194 g/mol. The summed E-state index contributed by atoms with van der Waals surface area (Å²) in [6.45, 7) is 0. The molecule has 0 unspecified atom stereocenters. The largest absolute Gasteiger partial charge is 0.324 e. The fourth-order valence-corrected chi connectivity index (χ4v) is 1.88. The Morgan fingerprint density at radius 3 is 2.86 bits per heavy atom. The number of fused-ring (bicyclic) bond motifs is 1. The maximum absolute atomic E-state index is 13.3. The molecule has 72 valence electrons. The number of hydrogen-bond donors (Lipinski definition) is 1. The zero-order chi connectivity index (χ0) is 10.3. The summed E-state index contributed by atoms with van der Waals surface area (Å²) < 4.78 is 26.3. The zero-order valence-electron chi connectivity index (χ0n) is 7.35. The van der Waals surface area contributed by atoms with Crippen molar-refractivity contribution < 1.29 is 8.78 Å². The van der Waals surface area contributed by atoms with Gasteiger partial charge < -0.3 is 5.73 Å². The Balaban J connectivity index is 2.74. The topological polar surface area (TPSA) is 49.8 Å². The third kappa shape index (κ3) is 1.10. The van der Waals surface area contributed by atoms with Crippen LogP contribution < -0.4 is 5.73 Å². The molecule has 4 heteroatoms. The van der Waals surface area contributed by atoms with Crippen LogP contribution in [0.15, 0.2) is 6.07 Å². The van der Waals surface area contributed by atoms with Crippen LogP contribution in [-0.2, 0) is 6.42 Å². The molecule has 0 aliphatic heterocycles. The lowest BCUT2D eigenvalue weighted by molar-refractivity contribution is 0.492. The van der Waals surface area contributed by atoms with Crippen molar-refractivity contribution in [1.29, 1.82) is 5.26 Å². The van der Waals surface area contributed by atoms with Gasteiger partial charge in [-0.3, -0.25) is 0 Å². The number of nitrogens with zero attached hydrogens (tertiary/aromatic N) is 1. The molecule has 2 N–H and O–H groups in total. The van der Waals surface area contributed by atoms with Crippen LogP contribution in [0, 0.1) is 23.0 Å². The Morgan fingerprint density at radius 1 is 1.50 bits per heavy atom. The second-order valence-electron chi connectivity index (χ2n) is 3.37. The molecule has 1 aromatic rings. The fourth-order valence-electron chi connectivity index (χ4n) is 1.88. The highest BCUT2D eigenvalue weighted by atomic mass is 19.2. The molecule has 1 aliphatic rings. The van der Waals surface area contributed by atoms with Crippen molar-refractivity contribution in [2.75, 3.05) is 0 Å². The van der Waals surface area contributed by atoms with E-state index in [0.29, 0.717) is 18.4 Å². The van der Waals surface area contributed by atoms with Crippen LogP contribution in [-0.4, -0.2) is 0 Å². The third-order valence-electron chi connectivity index (χ3n) is 2.56. The lowest BCUT2D eigenvalue weighted by atomic mass is 10.0. The summed E-state index contributed by atoms with van der Waals surface area (Å²) >= 11 is 0. The molecule has 0 amide bonds. The van der Waals surface area contributed by atoms with E-state index in [1.165, 1.54) is 0 Å². The van der Waals surface area contributed by atoms with Crippen LogP contribution in [0.3, 0.4) is 0 Å². The van der Waals surface area contributed by atoms with Crippen molar-refractivity contribution in [3.8, 4) is 6.07 Å². The minimum Gasteiger partial charge on any atom is -0.324 e. The minimum atomic E-state index is -0.988. The van der Waals surface area contributed by atoms with Gasteiger partial charge in [-0.15, -0.1) is 0 Å². The van der Waals surface area contributed by atoms with Gasteiger partial charge in [-0.25, -0.2) is 8.78 Å². The maximum Gasteiger partial charge on any atom is 0.163 e. The van der Waals surface area contributed by atoms with E-state index in [9.17, 15) is 8.78 Å². The molecule has 0 spiro atoms. The lowest BCUT2D eigenvalue weighted by Gasteiger charge is -2.07. The van der Waals surface area contributed by atoms with Gasteiger partial charge in [0.15, 0.2) is 11.6 Å². The van der Waals surface area contributed by atoms with Crippen molar-refractivity contribution in [2.24, 2.45) is 5.73 Å². The summed E-state index contributed by atoms with van der Waals surface area (Å²) in [5.41, 5.74) is 6.57. The smallest absolute Gasteiger partial charge is 0.163 e. The summed E-state index contributed by atoms with van der Waals surface area (Å²) in [6, 6.07) is 2.31. The Morgan fingerprint density at radius 2 is 2.21 bits per heavy atom. The van der Waals surface area contributed by atoms with Crippen LogP contribution >= 0.6 is 0 Å². The molecule has 1 aromatic carbocycles. The van der Waals surface area contributed by atoms with E-state index in [0.717, 1.165) is 6.07 Å². The van der Waals surface area contributed by atoms with Crippen LogP contribution in [0.4, 0.5) is 8.78 Å². The van der Waals surface area contributed by atoms with Gasteiger partial charge in [0, 0.05) is 11.6 Å². The van der Waals surface area contributed by atoms with Gasteiger partial charge in [0.2, 0.25) is 0 Å². The predicted octanol–water partition coefficient (Wildman–Crippen LogP) is 1.78. The van der Waals surface area contributed by atoms with E-state index in [1.807, 2.05) is 6.07 Å². The molecule has 0 bridgehead atoms. The summed E-state index contributed by atoms with van der Waals surface area (Å²) in [4.78, 5) is 0. The van der Waals surface area contributed by atoms with Crippen molar-refractivity contribution in [2.45, 2.75) is 18.9 Å². The highest BCUT2D eigenvalue weighted by molar-refractivity contribution is 5.48. The van der Waals surface area contributed by atoms with E-state index in [-0.39, 0.29) is 11.1 Å². The second kappa shape index (κ2) is 3.03. The first-order valence-electron chi connectivity index (χ1n) is 4.31. The normalized spacial score (nSPS) is 19.1. The van der Waals surface area contributed by atoms with Crippen LogP contribution in [0.1, 0.15) is 29.2 Å². The van der Waals surface area contributed by atoms with E-state index in [4.69, 9.17) is 11.0 Å². The first-order valence-corrected chi connectivity index (χ1v) is 4.31. The molecule has 2 nitrogen and oxygen atoms in total.